The second-order valence-corrected chi connectivity index (χ2v) is 7.19. The summed E-state index contributed by atoms with van der Waals surface area (Å²) in [5.41, 5.74) is 3.24. The van der Waals surface area contributed by atoms with Crippen molar-refractivity contribution in [2.24, 2.45) is 0 Å². The molecule has 0 saturated carbocycles. The summed E-state index contributed by atoms with van der Waals surface area (Å²) in [6, 6.07) is 14.1. The van der Waals surface area contributed by atoms with Gasteiger partial charge in [-0.15, -0.1) is 0 Å². The van der Waals surface area contributed by atoms with Crippen LogP contribution in [0.3, 0.4) is 0 Å². The number of benzene rings is 3. The molecule has 6 nitrogen and oxygen atoms in total. The Hall–Kier alpha value is -3.64. The summed E-state index contributed by atoms with van der Waals surface area (Å²) in [4.78, 5) is 39.9. The molecule has 2 N–H and O–H groups in total. The fourth-order valence-corrected chi connectivity index (χ4v) is 4.10. The molecule has 3 aromatic carbocycles. The number of aromatic nitrogens is 1. The number of nitrogens with one attached hydrogen (secondary N) is 2. The minimum atomic E-state index is -0.470. The second-order valence-electron chi connectivity index (χ2n) is 6.79. The number of hydrogen-bond acceptors (Lipinski definition) is 4. The van der Waals surface area contributed by atoms with E-state index in [1.165, 1.54) is 6.92 Å². The van der Waals surface area contributed by atoms with Crippen LogP contribution in [0.15, 0.2) is 48.5 Å². The maximum Gasteiger partial charge on any atom is 0.308 e. The highest BCUT2D eigenvalue weighted by atomic mass is 35.5. The average molecular weight is 405 g/mol. The fraction of sp³-hybridized carbons (Fsp3) is 0.0455. The summed E-state index contributed by atoms with van der Waals surface area (Å²) < 4.78 is 5.18. The lowest BCUT2D eigenvalue weighted by Crippen LogP contribution is -2.20. The largest absolute Gasteiger partial charge is 0.427 e. The van der Waals surface area contributed by atoms with Crippen molar-refractivity contribution in [1.29, 1.82) is 0 Å². The number of imide groups is 1. The number of hydrogen-bond donors (Lipinski definition) is 2. The molecule has 0 bridgehead atoms. The maximum atomic E-state index is 12.7. The van der Waals surface area contributed by atoms with Crippen LogP contribution in [-0.4, -0.2) is 22.8 Å². The van der Waals surface area contributed by atoms with Gasteiger partial charge in [0.2, 0.25) is 0 Å². The van der Waals surface area contributed by atoms with Gasteiger partial charge in [0.15, 0.2) is 0 Å². The third-order valence-corrected chi connectivity index (χ3v) is 5.29. The Bertz CT molecular complexity index is 1390. The van der Waals surface area contributed by atoms with Crippen molar-refractivity contribution in [2.45, 2.75) is 6.92 Å². The first-order valence-corrected chi connectivity index (χ1v) is 9.23. The Morgan fingerprint density at radius 3 is 2.45 bits per heavy atom. The number of esters is 1. The Morgan fingerprint density at radius 1 is 0.931 bits per heavy atom. The van der Waals surface area contributed by atoms with E-state index in [0.29, 0.717) is 38.2 Å². The molecular weight excluding hydrogens is 392 g/mol. The molecule has 0 aliphatic carbocycles. The molecule has 5 rings (SSSR count). The molecule has 2 amide bonds. The number of carbonyl (C=O) groups is 3. The van der Waals surface area contributed by atoms with Gasteiger partial charge >= 0.3 is 5.97 Å². The molecule has 1 aromatic heterocycles. The van der Waals surface area contributed by atoms with Crippen LogP contribution < -0.4 is 10.1 Å². The van der Waals surface area contributed by atoms with Gasteiger partial charge in [-0.25, -0.2) is 0 Å². The summed E-state index contributed by atoms with van der Waals surface area (Å²) in [5.74, 6) is -1.02. The zero-order chi connectivity index (χ0) is 20.3. The summed E-state index contributed by atoms with van der Waals surface area (Å²) >= 11 is 6.37. The Balaban J connectivity index is 1.90. The zero-order valence-electron chi connectivity index (χ0n) is 15.1. The van der Waals surface area contributed by atoms with Gasteiger partial charge < -0.3 is 9.72 Å². The van der Waals surface area contributed by atoms with Crippen molar-refractivity contribution in [3.05, 3.63) is 64.7 Å². The lowest BCUT2D eigenvalue weighted by atomic mass is 9.93. The van der Waals surface area contributed by atoms with Crippen molar-refractivity contribution >= 4 is 51.2 Å². The highest BCUT2D eigenvalue weighted by molar-refractivity contribution is 6.36. The third-order valence-electron chi connectivity index (χ3n) is 4.96. The lowest BCUT2D eigenvalue weighted by Gasteiger charge is -2.10. The highest BCUT2D eigenvalue weighted by Gasteiger charge is 2.34. The van der Waals surface area contributed by atoms with E-state index >= 15 is 0 Å². The van der Waals surface area contributed by atoms with E-state index < -0.39 is 17.8 Å². The predicted molar refractivity (Wildman–Crippen MR) is 109 cm³/mol. The van der Waals surface area contributed by atoms with E-state index in [0.717, 1.165) is 5.52 Å². The van der Waals surface area contributed by atoms with Crippen molar-refractivity contribution in [3.63, 3.8) is 0 Å². The number of aromatic amines is 1. The zero-order valence-corrected chi connectivity index (χ0v) is 15.9. The smallest absolute Gasteiger partial charge is 0.308 e. The number of rotatable bonds is 2. The van der Waals surface area contributed by atoms with Gasteiger partial charge in [-0.3, -0.25) is 19.7 Å². The van der Waals surface area contributed by atoms with Crippen molar-refractivity contribution < 1.29 is 19.1 Å². The molecule has 2 heterocycles. The molecule has 0 spiro atoms. The Morgan fingerprint density at radius 2 is 1.69 bits per heavy atom. The van der Waals surface area contributed by atoms with Crippen LogP contribution in [0.25, 0.3) is 32.9 Å². The van der Waals surface area contributed by atoms with Gasteiger partial charge in [0, 0.05) is 39.3 Å². The predicted octanol–water partition coefficient (Wildman–Crippen LogP) is 4.45. The van der Waals surface area contributed by atoms with Crippen LogP contribution in [0.4, 0.5) is 0 Å². The van der Waals surface area contributed by atoms with Gasteiger partial charge in [-0.1, -0.05) is 29.8 Å². The van der Waals surface area contributed by atoms with Gasteiger partial charge in [-0.05, 0) is 35.9 Å². The second kappa shape index (κ2) is 6.18. The van der Waals surface area contributed by atoms with Crippen LogP contribution in [0.1, 0.15) is 27.6 Å². The first kappa shape index (κ1) is 17.5. The van der Waals surface area contributed by atoms with Crippen LogP contribution >= 0.6 is 11.6 Å². The standard InChI is InChI=1S/C22H13ClN2O4/c1-10(26)29-11-6-7-16-14(8-11)18-17(24-16)9-13(12-4-2-3-5-15(12)23)19-20(18)22(28)25-21(19)27/h2-9,24H,1H3,(H,25,27,28). The van der Waals surface area contributed by atoms with Crippen LogP contribution in [-0.2, 0) is 4.79 Å². The minimum Gasteiger partial charge on any atom is -0.427 e. The quantitative estimate of drug-likeness (QED) is 0.293. The molecule has 1 aliphatic heterocycles. The lowest BCUT2D eigenvalue weighted by molar-refractivity contribution is -0.131. The van der Waals surface area contributed by atoms with Gasteiger partial charge in [0.1, 0.15) is 5.75 Å². The van der Waals surface area contributed by atoms with Gasteiger partial charge in [0.25, 0.3) is 11.8 Å². The monoisotopic (exact) mass is 404 g/mol. The molecule has 0 unspecified atom stereocenters. The topological polar surface area (TPSA) is 88.3 Å². The molecule has 0 saturated heterocycles. The number of H-pyrrole nitrogens is 1. The normalized spacial score (nSPS) is 13.0. The number of halogens is 1. The fourth-order valence-electron chi connectivity index (χ4n) is 3.86. The van der Waals surface area contributed by atoms with E-state index in [9.17, 15) is 14.4 Å². The average Bonchev–Trinajstić information content (AvgIpc) is 3.17. The number of ether oxygens (including phenoxy) is 1. The van der Waals surface area contributed by atoms with Crippen molar-refractivity contribution in [2.75, 3.05) is 0 Å². The van der Waals surface area contributed by atoms with E-state index in [2.05, 4.69) is 10.3 Å². The van der Waals surface area contributed by atoms with Crippen LogP contribution in [0.5, 0.6) is 5.75 Å². The summed E-state index contributed by atoms with van der Waals surface area (Å²) in [7, 11) is 0. The molecule has 142 valence electrons. The molecule has 7 heteroatoms. The first-order chi connectivity index (χ1) is 13.9. The molecule has 0 radical (unpaired) electrons. The molecule has 1 aliphatic rings. The highest BCUT2D eigenvalue weighted by Crippen LogP contribution is 2.41. The number of carbonyl (C=O) groups excluding carboxylic acids is 3. The molecule has 0 atom stereocenters. The summed E-state index contributed by atoms with van der Waals surface area (Å²) in [6.45, 7) is 1.32. The van der Waals surface area contributed by atoms with E-state index in [4.69, 9.17) is 16.3 Å². The Kier molecular flexibility index (Phi) is 3.72. The summed E-state index contributed by atoms with van der Waals surface area (Å²) in [6.07, 6.45) is 0. The first-order valence-electron chi connectivity index (χ1n) is 8.85. The molecule has 0 fully saturated rings. The van der Waals surface area contributed by atoms with Gasteiger partial charge in [0.05, 0.1) is 11.1 Å². The van der Waals surface area contributed by atoms with Crippen molar-refractivity contribution in [1.82, 2.24) is 10.3 Å². The summed E-state index contributed by atoms with van der Waals surface area (Å²) in [5, 5.41) is 4.15. The van der Waals surface area contributed by atoms with E-state index in [1.54, 1.807) is 36.4 Å². The molecule has 29 heavy (non-hydrogen) atoms. The number of fused-ring (bicyclic) bond motifs is 5. The molecule has 4 aromatic rings. The van der Waals surface area contributed by atoms with E-state index in [-0.39, 0.29) is 11.1 Å². The minimum absolute atomic E-state index is 0.286. The number of amides is 2. The third kappa shape index (κ3) is 2.61. The maximum absolute atomic E-state index is 12.7. The van der Waals surface area contributed by atoms with E-state index in [1.807, 2.05) is 12.1 Å². The van der Waals surface area contributed by atoms with Crippen molar-refractivity contribution in [3.8, 4) is 16.9 Å². The SMILES string of the molecule is CC(=O)Oc1ccc2[nH]c3cc(-c4ccccc4Cl)c4c(c3c2c1)C(=O)NC4=O. The molecular formula is C22H13ClN2O4. The van der Waals surface area contributed by atoms with Gasteiger partial charge in [-0.2, -0.15) is 0 Å². The van der Waals surface area contributed by atoms with Crippen LogP contribution in [0, 0.1) is 0 Å². The Labute approximate surface area is 169 Å². The van der Waals surface area contributed by atoms with Crippen LogP contribution in [0.2, 0.25) is 5.02 Å².